The molecule has 2 heterocycles. The van der Waals surface area contributed by atoms with Crippen LogP contribution in [0.2, 0.25) is 0 Å². The van der Waals surface area contributed by atoms with Crippen LogP contribution < -0.4 is 5.32 Å². The SMILES string of the molecule is C[C@H](NC(=O)OC(C)(C)C)c1cncn1CCn1ccnn1. The van der Waals surface area contributed by atoms with Crippen LogP contribution in [0.1, 0.15) is 39.4 Å². The second kappa shape index (κ2) is 6.59. The lowest BCUT2D eigenvalue weighted by Crippen LogP contribution is -2.34. The summed E-state index contributed by atoms with van der Waals surface area (Å²) < 4.78 is 8.98. The molecule has 0 aliphatic rings. The first-order chi connectivity index (χ1) is 10.3. The highest BCUT2D eigenvalue weighted by atomic mass is 16.6. The van der Waals surface area contributed by atoms with Crippen molar-refractivity contribution < 1.29 is 9.53 Å². The van der Waals surface area contributed by atoms with Crippen molar-refractivity contribution in [1.29, 1.82) is 0 Å². The van der Waals surface area contributed by atoms with Gasteiger partial charge in [-0.15, -0.1) is 5.10 Å². The Bertz CT molecular complexity index is 599. The molecule has 1 amide bonds. The Balaban J connectivity index is 1.94. The number of carbonyl (C=O) groups excluding carboxylic acids is 1. The first-order valence-corrected chi connectivity index (χ1v) is 7.19. The number of amides is 1. The molecule has 0 saturated heterocycles. The van der Waals surface area contributed by atoms with Gasteiger partial charge in [0, 0.05) is 12.7 Å². The first-order valence-electron chi connectivity index (χ1n) is 7.19. The molecule has 120 valence electrons. The number of hydrogen-bond acceptors (Lipinski definition) is 5. The summed E-state index contributed by atoms with van der Waals surface area (Å²) >= 11 is 0. The first kappa shape index (κ1) is 16.0. The average molecular weight is 306 g/mol. The van der Waals surface area contributed by atoms with Crippen LogP contribution in [-0.4, -0.2) is 36.2 Å². The van der Waals surface area contributed by atoms with Crippen LogP contribution in [0.5, 0.6) is 0 Å². The lowest BCUT2D eigenvalue weighted by Gasteiger charge is -2.22. The van der Waals surface area contributed by atoms with Gasteiger partial charge in [-0.3, -0.25) is 4.68 Å². The zero-order chi connectivity index (χ0) is 16.2. The van der Waals surface area contributed by atoms with E-state index in [0.717, 1.165) is 5.69 Å². The van der Waals surface area contributed by atoms with Crippen LogP contribution in [0.25, 0.3) is 0 Å². The highest BCUT2D eigenvalue weighted by molar-refractivity contribution is 5.68. The van der Waals surface area contributed by atoms with Gasteiger partial charge >= 0.3 is 6.09 Å². The number of aryl methyl sites for hydroxylation is 2. The van der Waals surface area contributed by atoms with E-state index in [1.165, 1.54) is 0 Å². The van der Waals surface area contributed by atoms with Crippen molar-refractivity contribution in [2.75, 3.05) is 0 Å². The van der Waals surface area contributed by atoms with Gasteiger partial charge in [-0.25, -0.2) is 9.78 Å². The summed E-state index contributed by atoms with van der Waals surface area (Å²) in [6.07, 6.45) is 6.48. The monoisotopic (exact) mass is 306 g/mol. The van der Waals surface area contributed by atoms with Gasteiger partial charge in [-0.05, 0) is 27.7 Å². The summed E-state index contributed by atoms with van der Waals surface area (Å²) in [7, 11) is 0. The predicted octanol–water partition coefficient (Wildman–Crippen LogP) is 1.76. The Labute approximate surface area is 129 Å². The van der Waals surface area contributed by atoms with Crippen LogP contribution in [0.4, 0.5) is 4.79 Å². The molecule has 2 aromatic rings. The molecule has 22 heavy (non-hydrogen) atoms. The van der Waals surface area contributed by atoms with Crippen LogP contribution >= 0.6 is 0 Å². The molecule has 1 N–H and O–H groups in total. The molecule has 0 bridgehead atoms. The fourth-order valence-corrected chi connectivity index (χ4v) is 2.00. The summed E-state index contributed by atoms with van der Waals surface area (Å²) in [6, 6.07) is -0.201. The molecule has 2 aromatic heterocycles. The molecule has 0 spiro atoms. The van der Waals surface area contributed by atoms with Gasteiger partial charge in [-0.2, -0.15) is 0 Å². The van der Waals surface area contributed by atoms with Gasteiger partial charge in [-0.1, -0.05) is 5.21 Å². The van der Waals surface area contributed by atoms with Crippen molar-refractivity contribution >= 4 is 6.09 Å². The summed E-state index contributed by atoms with van der Waals surface area (Å²) in [5, 5.41) is 10.5. The molecule has 0 saturated carbocycles. The minimum Gasteiger partial charge on any atom is -0.444 e. The third-order valence-corrected chi connectivity index (χ3v) is 2.96. The third-order valence-electron chi connectivity index (χ3n) is 2.96. The second-order valence-corrected chi connectivity index (χ2v) is 6.05. The Kier molecular flexibility index (Phi) is 4.79. The fraction of sp³-hybridized carbons (Fsp3) is 0.571. The fourth-order valence-electron chi connectivity index (χ4n) is 2.00. The molecule has 8 heteroatoms. The number of rotatable bonds is 5. The van der Waals surface area contributed by atoms with E-state index >= 15 is 0 Å². The molecule has 0 unspecified atom stereocenters. The molecular weight excluding hydrogens is 284 g/mol. The van der Waals surface area contributed by atoms with Crippen LogP contribution in [-0.2, 0) is 17.8 Å². The summed E-state index contributed by atoms with van der Waals surface area (Å²) in [6.45, 7) is 8.77. The molecule has 8 nitrogen and oxygen atoms in total. The molecule has 0 fully saturated rings. The van der Waals surface area contributed by atoms with Crippen molar-refractivity contribution in [2.45, 2.75) is 52.4 Å². The van der Waals surface area contributed by atoms with E-state index < -0.39 is 11.7 Å². The molecule has 0 radical (unpaired) electrons. The normalized spacial score (nSPS) is 12.9. The second-order valence-electron chi connectivity index (χ2n) is 6.05. The van der Waals surface area contributed by atoms with Gasteiger partial charge in [0.2, 0.25) is 0 Å². The maximum Gasteiger partial charge on any atom is 0.408 e. The number of nitrogens with one attached hydrogen (secondary N) is 1. The zero-order valence-electron chi connectivity index (χ0n) is 13.4. The van der Waals surface area contributed by atoms with E-state index in [4.69, 9.17) is 4.74 Å². The number of ether oxygens (including phenoxy) is 1. The molecule has 0 aliphatic heterocycles. The van der Waals surface area contributed by atoms with E-state index in [9.17, 15) is 4.79 Å². The van der Waals surface area contributed by atoms with Gasteiger partial charge in [0.1, 0.15) is 5.60 Å². The van der Waals surface area contributed by atoms with Gasteiger partial charge < -0.3 is 14.6 Å². The largest absolute Gasteiger partial charge is 0.444 e. The van der Waals surface area contributed by atoms with Gasteiger partial charge in [0.05, 0.1) is 37.0 Å². The maximum absolute atomic E-state index is 11.8. The molecule has 0 aromatic carbocycles. The number of imidazole rings is 1. The van der Waals surface area contributed by atoms with E-state index in [0.29, 0.717) is 13.1 Å². The maximum atomic E-state index is 11.8. The third kappa shape index (κ3) is 4.57. The Morgan fingerprint density at radius 1 is 1.41 bits per heavy atom. The lowest BCUT2D eigenvalue weighted by molar-refractivity contribution is 0.0506. The van der Waals surface area contributed by atoms with E-state index in [2.05, 4.69) is 20.6 Å². The minimum atomic E-state index is -0.517. The minimum absolute atomic E-state index is 0.201. The summed E-state index contributed by atoms with van der Waals surface area (Å²) in [5.41, 5.74) is 0.392. The van der Waals surface area contributed by atoms with E-state index in [1.54, 1.807) is 29.6 Å². The van der Waals surface area contributed by atoms with Crippen LogP contribution in [0.3, 0.4) is 0 Å². The molecule has 2 rings (SSSR count). The Hall–Kier alpha value is -2.38. The number of carbonyl (C=O) groups is 1. The van der Waals surface area contributed by atoms with Crippen LogP contribution in [0.15, 0.2) is 24.9 Å². The highest BCUT2D eigenvalue weighted by Gasteiger charge is 2.19. The number of nitrogens with zero attached hydrogens (tertiary/aromatic N) is 5. The summed E-state index contributed by atoms with van der Waals surface area (Å²) in [4.78, 5) is 16.0. The van der Waals surface area contributed by atoms with Crippen molar-refractivity contribution in [3.63, 3.8) is 0 Å². The topological polar surface area (TPSA) is 86.9 Å². The Morgan fingerprint density at radius 2 is 2.18 bits per heavy atom. The standard InChI is InChI=1S/C14H22N6O2/c1-11(17-13(21)22-14(2,3)4)12-9-15-10-19(12)7-8-20-6-5-16-18-20/h5-6,9-11H,7-8H2,1-4H3,(H,17,21)/t11-/m0/s1. The quantitative estimate of drug-likeness (QED) is 0.909. The molecule has 1 atom stereocenters. The van der Waals surface area contributed by atoms with Crippen molar-refractivity contribution in [3.8, 4) is 0 Å². The highest BCUT2D eigenvalue weighted by Crippen LogP contribution is 2.14. The smallest absolute Gasteiger partial charge is 0.408 e. The van der Waals surface area contributed by atoms with Crippen molar-refractivity contribution in [3.05, 3.63) is 30.6 Å². The van der Waals surface area contributed by atoms with E-state index in [-0.39, 0.29) is 6.04 Å². The molecular formula is C14H22N6O2. The number of alkyl carbamates (subject to hydrolysis) is 1. The van der Waals surface area contributed by atoms with Gasteiger partial charge in [0.15, 0.2) is 0 Å². The van der Waals surface area contributed by atoms with Crippen LogP contribution in [0, 0.1) is 0 Å². The lowest BCUT2D eigenvalue weighted by atomic mass is 10.2. The predicted molar refractivity (Wildman–Crippen MR) is 80.0 cm³/mol. The number of hydrogen-bond donors (Lipinski definition) is 1. The van der Waals surface area contributed by atoms with Gasteiger partial charge in [0.25, 0.3) is 0 Å². The molecule has 0 aliphatic carbocycles. The van der Waals surface area contributed by atoms with Crippen molar-refractivity contribution in [2.24, 2.45) is 0 Å². The van der Waals surface area contributed by atoms with E-state index in [1.807, 2.05) is 32.3 Å². The zero-order valence-corrected chi connectivity index (χ0v) is 13.4. The Morgan fingerprint density at radius 3 is 2.82 bits per heavy atom. The summed E-state index contributed by atoms with van der Waals surface area (Å²) in [5.74, 6) is 0. The average Bonchev–Trinajstić information content (AvgIpc) is 3.05. The number of aromatic nitrogens is 5. The van der Waals surface area contributed by atoms with Crippen molar-refractivity contribution in [1.82, 2.24) is 29.9 Å².